The maximum atomic E-state index is 12.0. The van der Waals surface area contributed by atoms with Crippen molar-refractivity contribution in [3.63, 3.8) is 0 Å². The Kier molecular flexibility index (Phi) is 4.13. The van der Waals surface area contributed by atoms with Crippen molar-refractivity contribution in [3.8, 4) is 0 Å². The second-order valence-electron chi connectivity index (χ2n) is 3.74. The van der Waals surface area contributed by atoms with Crippen molar-refractivity contribution in [2.45, 2.75) is 17.4 Å². The van der Waals surface area contributed by atoms with Gasteiger partial charge in [0.25, 0.3) is 0 Å². The fourth-order valence-corrected chi connectivity index (χ4v) is 3.69. The molecule has 0 bridgehead atoms. The molecule has 2 rings (SSSR count). The maximum Gasteiger partial charge on any atom is 0.250 e. The van der Waals surface area contributed by atoms with Gasteiger partial charge in [0.1, 0.15) is 4.21 Å². The summed E-state index contributed by atoms with van der Waals surface area (Å²) in [7, 11) is -3.49. The van der Waals surface area contributed by atoms with Gasteiger partial charge in [-0.15, -0.1) is 11.3 Å². The number of nitrogens with one attached hydrogen (secondary N) is 1. The Morgan fingerprint density at radius 2 is 1.89 bits per heavy atom. The Morgan fingerprint density at radius 1 is 1.17 bits per heavy atom. The molecule has 0 aliphatic heterocycles. The maximum absolute atomic E-state index is 12.0. The molecule has 0 saturated heterocycles. The molecule has 1 aromatic carbocycles. The second-order valence-corrected chi connectivity index (χ2v) is 6.65. The van der Waals surface area contributed by atoms with Crippen LogP contribution in [0, 0.1) is 0 Å². The molecule has 0 unspecified atom stereocenters. The number of benzene rings is 1. The molecule has 0 atom stereocenters. The Bertz CT molecular complexity index is 605. The zero-order valence-corrected chi connectivity index (χ0v) is 11.2. The molecule has 4 nitrogen and oxygen atoms in total. The number of hydrogen-bond donors (Lipinski definition) is 2. The van der Waals surface area contributed by atoms with E-state index in [0.29, 0.717) is 5.56 Å². The van der Waals surface area contributed by atoms with E-state index in [1.165, 1.54) is 6.07 Å². The van der Waals surface area contributed by atoms with E-state index >= 15 is 0 Å². The third-order valence-corrected chi connectivity index (χ3v) is 5.28. The lowest BCUT2D eigenvalue weighted by molar-refractivity contribution is 0.282. The molecule has 96 valence electrons. The number of rotatable bonds is 5. The fraction of sp³-hybridized carbons (Fsp3) is 0.167. The van der Waals surface area contributed by atoms with Crippen LogP contribution in [0.25, 0.3) is 0 Å². The number of hydrogen-bond acceptors (Lipinski definition) is 4. The monoisotopic (exact) mass is 283 g/mol. The van der Waals surface area contributed by atoms with Crippen LogP contribution in [-0.2, 0) is 23.2 Å². The fourth-order valence-electron chi connectivity index (χ4n) is 1.42. The number of aliphatic hydroxyl groups is 1. The molecular formula is C12H13NO3S2. The van der Waals surface area contributed by atoms with Gasteiger partial charge in [0.2, 0.25) is 10.0 Å². The number of aliphatic hydroxyl groups excluding tert-OH is 1. The molecule has 0 saturated carbocycles. The van der Waals surface area contributed by atoms with Crippen LogP contribution in [0.1, 0.15) is 11.1 Å². The molecule has 0 amide bonds. The largest absolute Gasteiger partial charge is 0.392 e. The van der Waals surface area contributed by atoms with Gasteiger partial charge in [-0.1, -0.05) is 30.3 Å². The van der Waals surface area contributed by atoms with Gasteiger partial charge in [-0.3, -0.25) is 0 Å². The first-order chi connectivity index (χ1) is 8.62. The summed E-state index contributed by atoms with van der Waals surface area (Å²) in [6.07, 6.45) is 0. The topological polar surface area (TPSA) is 66.4 Å². The average molecular weight is 283 g/mol. The van der Waals surface area contributed by atoms with Gasteiger partial charge in [-0.05, 0) is 22.6 Å². The zero-order valence-electron chi connectivity index (χ0n) is 9.54. The van der Waals surface area contributed by atoms with Crippen LogP contribution in [0.5, 0.6) is 0 Å². The van der Waals surface area contributed by atoms with E-state index < -0.39 is 10.0 Å². The highest BCUT2D eigenvalue weighted by Gasteiger charge is 2.16. The van der Waals surface area contributed by atoms with Gasteiger partial charge >= 0.3 is 0 Å². The summed E-state index contributed by atoms with van der Waals surface area (Å²) in [6, 6.07) is 10.8. The first kappa shape index (κ1) is 13.2. The van der Waals surface area contributed by atoms with Crippen LogP contribution in [0.2, 0.25) is 0 Å². The van der Waals surface area contributed by atoms with Crippen molar-refractivity contribution in [1.82, 2.24) is 4.72 Å². The molecule has 1 heterocycles. The average Bonchev–Trinajstić information content (AvgIpc) is 2.87. The minimum Gasteiger partial charge on any atom is -0.392 e. The van der Waals surface area contributed by atoms with E-state index in [-0.39, 0.29) is 17.4 Å². The van der Waals surface area contributed by atoms with Crippen LogP contribution in [-0.4, -0.2) is 13.5 Å². The summed E-state index contributed by atoms with van der Waals surface area (Å²) in [5, 5.41) is 10.6. The Morgan fingerprint density at radius 3 is 2.50 bits per heavy atom. The van der Waals surface area contributed by atoms with Crippen molar-refractivity contribution < 1.29 is 13.5 Å². The standard InChI is InChI=1S/C12H13NO3S2/c14-8-11-6-12(17-9-11)18(15,16)13-7-10-4-2-1-3-5-10/h1-6,9,13-14H,7-8H2. The van der Waals surface area contributed by atoms with E-state index in [9.17, 15) is 8.42 Å². The van der Waals surface area contributed by atoms with Gasteiger partial charge in [-0.25, -0.2) is 13.1 Å². The van der Waals surface area contributed by atoms with Crippen LogP contribution in [0.4, 0.5) is 0 Å². The number of sulfonamides is 1. The molecule has 2 N–H and O–H groups in total. The first-order valence-electron chi connectivity index (χ1n) is 5.34. The summed E-state index contributed by atoms with van der Waals surface area (Å²) in [6.45, 7) is 0.111. The molecular weight excluding hydrogens is 270 g/mol. The van der Waals surface area contributed by atoms with Crippen molar-refractivity contribution in [2.75, 3.05) is 0 Å². The predicted octanol–water partition coefficient (Wildman–Crippen LogP) is 1.72. The number of thiophene rings is 1. The van der Waals surface area contributed by atoms with Crippen LogP contribution >= 0.6 is 11.3 Å². The molecule has 1 aromatic heterocycles. The lowest BCUT2D eigenvalue weighted by Gasteiger charge is -2.04. The minimum absolute atomic E-state index is 0.148. The summed E-state index contributed by atoms with van der Waals surface area (Å²) in [5.41, 5.74) is 1.51. The van der Waals surface area contributed by atoms with Crippen molar-refractivity contribution >= 4 is 21.4 Å². The van der Waals surface area contributed by atoms with Crippen LogP contribution < -0.4 is 4.72 Å². The molecule has 0 spiro atoms. The molecule has 0 radical (unpaired) electrons. The Balaban J connectivity index is 2.08. The second kappa shape index (κ2) is 5.62. The van der Waals surface area contributed by atoms with E-state index in [4.69, 9.17) is 5.11 Å². The van der Waals surface area contributed by atoms with Crippen molar-refractivity contribution in [1.29, 1.82) is 0 Å². The highest BCUT2D eigenvalue weighted by Crippen LogP contribution is 2.20. The predicted molar refractivity (Wildman–Crippen MR) is 70.7 cm³/mol. The third-order valence-electron chi connectivity index (χ3n) is 2.39. The van der Waals surface area contributed by atoms with Crippen LogP contribution in [0.15, 0.2) is 46.0 Å². The van der Waals surface area contributed by atoms with E-state index in [0.717, 1.165) is 16.9 Å². The van der Waals surface area contributed by atoms with Crippen LogP contribution in [0.3, 0.4) is 0 Å². The quantitative estimate of drug-likeness (QED) is 0.878. The molecule has 0 aliphatic rings. The lowest BCUT2D eigenvalue weighted by Crippen LogP contribution is -2.22. The third kappa shape index (κ3) is 3.17. The lowest BCUT2D eigenvalue weighted by atomic mass is 10.2. The minimum atomic E-state index is -3.49. The normalized spacial score (nSPS) is 11.6. The Hall–Kier alpha value is -1.21. The summed E-state index contributed by atoms with van der Waals surface area (Å²) in [5.74, 6) is 0. The van der Waals surface area contributed by atoms with Gasteiger partial charge in [0.05, 0.1) is 6.61 Å². The highest BCUT2D eigenvalue weighted by molar-refractivity contribution is 7.91. The molecule has 6 heteroatoms. The summed E-state index contributed by atoms with van der Waals surface area (Å²) in [4.78, 5) is 0. The Labute approximate surface area is 110 Å². The molecule has 18 heavy (non-hydrogen) atoms. The SMILES string of the molecule is O=S(=O)(NCc1ccccc1)c1cc(CO)cs1. The molecule has 0 fully saturated rings. The smallest absolute Gasteiger partial charge is 0.250 e. The zero-order chi connectivity index (χ0) is 13.0. The molecule has 0 aliphatic carbocycles. The van der Waals surface area contributed by atoms with E-state index in [1.54, 1.807) is 5.38 Å². The van der Waals surface area contributed by atoms with Gasteiger partial charge < -0.3 is 5.11 Å². The van der Waals surface area contributed by atoms with E-state index in [1.807, 2.05) is 30.3 Å². The van der Waals surface area contributed by atoms with Crippen molar-refractivity contribution in [2.24, 2.45) is 0 Å². The first-order valence-corrected chi connectivity index (χ1v) is 7.70. The molecule has 2 aromatic rings. The van der Waals surface area contributed by atoms with E-state index in [2.05, 4.69) is 4.72 Å². The van der Waals surface area contributed by atoms with Gasteiger partial charge in [0.15, 0.2) is 0 Å². The van der Waals surface area contributed by atoms with Gasteiger partial charge in [0, 0.05) is 6.54 Å². The highest BCUT2D eigenvalue weighted by atomic mass is 32.2. The summed E-state index contributed by atoms with van der Waals surface area (Å²) < 4.78 is 26.7. The van der Waals surface area contributed by atoms with Crippen molar-refractivity contribution in [3.05, 3.63) is 52.9 Å². The van der Waals surface area contributed by atoms with Gasteiger partial charge in [-0.2, -0.15) is 0 Å². The summed E-state index contributed by atoms with van der Waals surface area (Å²) >= 11 is 1.11.